The molecule has 50 heavy (non-hydrogen) atoms. The van der Waals surface area contributed by atoms with E-state index in [0.29, 0.717) is 5.84 Å². The highest BCUT2D eigenvalue weighted by molar-refractivity contribution is 6.26. The van der Waals surface area contributed by atoms with Crippen LogP contribution < -0.4 is 5.32 Å². The molecule has 0 fully saturated rings. The van der Waals surface area contributed by atoms with Gasteiger partial charge in [0.15, 0.2) is 5.84 Å². The van der Waals surface area contributed by atoms with E-state index in [1.165, 1.54) is 49.0 Å². The fraction of sp³-hybridized carbons (Fsp3) is 0.0222. The molecule has 3 aromatic heterocycles. The van der Waals surface area contributed by atoms with Gasteiger partial charge in [-0.3, -0.25) is 0 Å². The molecule has 0 radical (unpaired) electrons. The molecule has 0 saturated carbocycles. The topological polar surface area (TPSA) is 45.6 Å². The highest BCUT2D eigenvalue weighted by atomic mass is 15.2. The standard InChI is InChI=1S/C45H29N5/c1-3-13-28(14-4-1)43-46-44(29-15-5-2-6-16-29)48-45(47-43)30-23-26-40-36(27-30)33-19-9-12-22-39(33)49-37-20-10-7-17-31(37)34-24-25-35-32-18-8-11-21-38(32)50(40)42(35)41(34)49/h1-27,43H,(H,46,47,48). The highest BCUT2D eigenvalue weighted by Crippen LogP contribution is 2.41. The maximum Gasteiger partial charge on any atom is 0.159 e. The van der Waals surface area contributed by atoms with Crippen molar-refractivity contribution >= 4 is 77.1 Å². The molecular weight excluding hydrogens is 611 g/mol. The van der Waals surface area contributed by atoms with Crippen molar-refractivity contribution in [2.24, 2.45) is 9.98 Å². The van der Waals surface area contributed by atoms with Gasteiger partial charge < -0.3 is 14.1 Å². The van der Waals surface area contributed by atoms with Crippen LogP contribution in [0.5, 0.6) is 0 Å². The van der Waals surface area contributed by atoms with Gasteiger partial charge in [-0.15, -0.1) is 0 Å². The molecule has 1 aliphatic rings. The molecule has 5 heteroatoms. The van der Waals surface area contributed by atoms with Gasteiger partial charge in [-0.1, -0.05) is 127 Å². The van der Waals surface area contributed by atoms with Crippen LogP contribution in [0.2, 0.25) is 0 Å². The van der Waals surface area contributed by atoms with E-state index in [-0.39, 0.29) is 6.17 Å². The molecule has 4 heterocycles. The molecule has 0 saturated heterocycles. The van der Waals surface area contributed by atoms with Gasteiger partial charge in [0.1, 0.15) is 12.0 Å². The average Bonchev–Trinajstić information content (AvgIpc) is 3.70. The molecule has 0 amide bonds. The number of amidine groups is 2. The number of aliphatic imine (C=N–C) groups is 2. The summed E-state index contributed by atoms with van der Waals surface area (Å²) in [5.41, 5.74) is 10.2. The first-order chi connectivity index (χ1) is 24.8. The van der Waals surface area contributed by atoms with Crippen LogP contribution >= 0.6 is 0 Å². The van der Waals surface area contributed by atoms with E-state index >= 15 is 0 Å². The van der Waals surface area contributed by atoms with Crippen LogP contribution in [0.1, 0.15) is 22.9 Å². The Labute approximate surface area is 287 Å². The molecular formula is C45H29N5. The number of benzene rings is 7. The van der Waals surface area contributed by atoms with Crippen LogP contribution in [-0.4, -0.2) is 20.5 Å². The lowest BCUT2D eigenvalue weighted by atomic mass is 10.0. The van der Waals surface area contributed by atoms with E-state index in [4.69, 9.17) is 9.98 Å². The molecule has 1 N–H and O–H groups in total. The third kappa shape index (κ3) is 3.83. The van der Waals surface area contributed by atoms with Gasteiger partial charge in [0.05, 0.1) is 33.1 Å². The van der Waals surface area contributed by atoms with E-state index < -0.39 is 0 Å². The Kier molecular flexibility index (Phi) is 5.66. The summed E-state index contributed by atoms with van der Waals surface area (Å²) in [7, 11) is 0. The Morgan fingerprint density at radius 1 is 0.420 bits per heavy atom. The zero-order valence-corrected chi connectivity index (χ0v) is 27.0. The Hall–Kier alpha value is -6.72. The van der Waals surface area contributed by atoms with Gasteiger partial charge in [0, 0.05) is 43.4 Å². The smallest absolute Gasteiger partial charge is 0.159 e. The van der Waals surface area contributed by atoms with Gasteiger partial charge in [-0.2, -0.15) is 0 Å². The molecule has 7 aromatic carbocycles. The Morgan fingerprint density at radius 3 is 1.52 bits per heavy atom. The Morgan fingerprint density at radius 2 is 0.920 bits per heavy atom. The Balaban J connectivity index is 1.28. The average molecular weight is 640 g/mol. The van der Waals surface area contributed by atoms with Crippen molar-refractivity contribution in [2.45, 2.75) is 6.17 Å². The van der Waals surface area contributed by atoms with E-state index in [0.717, 1.165) is 38.9 Å². The number of nitrogens with one attached hydrogen (secondary N) is 1. The number of hydrogen-bond acceptors (Lipinski definition) is 3. The second-order valence-corrected chi connectivity index (χ2v) is 13.0. The summed E-state index contributed by atoms with van der Waals surface area (Å²) in [5.74, 6) is 1.51. The van der Waals surface area contributed by atoms with Crippen LogP contribution in [0.4, 0.5) is 0 Å². The zero-order chi connectivity index (χ0) is 32.8. The second kappa shape index (κ2) is 10.4. The highest BCUT2D eigenvalue weighted by Gasteiger charge is 2.23. The van der Waals surface area contributed by atoms with Crippen LogP contribution in [0, 0.1) is 0 Å². The monoisotopic (exact) mass is 639 g/mol. The van der Waals surface area contributed by atoms with E-state index in [2.05, 4.69) is 154 Å². The number of fused-ring (bicyclic) bond motifs is 11. The quantitative estimate of drug-likeness (QED) is 0.205. The minimum atomic E-state index is -0.271. The predicted molar refractivity (Wildman–Crippen MR) is 208 cm³/mol. The van der Waals surface area contributed by atoms with E-state index in [1.807, 2.05) is 24.3 Å². The lowest BCUT2D eigenvalue weighted by molar-refractivity contribution is 0.674. The first-order valence-electron chi connectivity index (χ1n) is 17.1. The molecule has 1 atom stereocenters. The minimum Gasteiger partial charge on any atom is -0.344 e. The van der Waals surface area contributed by atoms with E-state index in [1.54, 1.807) is 0 Å². The summed E-state index contributed by atoms with van der Waals surface area (Å²) in [5, 5.41) is 11.0. The van der Waals surface area contributed by atoms with Crippen LogP contribution in [-0.2, 0) is 0 Å². The molecule has 234 valence electrons. The zero-order valence-electron chi connectivity index (χ0n) is 27.0. The number of hydrogen-bond donors (Lipinski definition) is 1. The maximum atomic E-state index is 5.17. The number of nitrogens with zero attached hydrogens (tertiary/aromatic N) is 4. The molecule has 0 aliphatic carbocycles. The predicted octanol–water partition coefficient (Wildman–Crippen LogP) is 10.5. The van der Waals surface area contributed by atoms with Crippen molar-refractivity contribution in [2.75, 3.05) is 0 Å². The van der Waals surface area contributed by atoms with Crippen molar-refractivity contribution in [3.05, 3.63) is 180 Å². The maximum absolute atomic E-state index is 5.17. The van der Waals surface area contributed by atoms with Gasteiger partial charge in [0.25, 0.3) is 0 Å². The van der Waals surface area contributed by atoms with Gasteiger partial charge in [-0.25, -0.2) is 9.98 Å². The lowest BCUT2D eigenvalue weighted by Crippen LogP contribution is -2.33. The number of aromatic nitrogens is 2. The van der Waals surface area contributed by atoms with Crippen molar-refractivity contribution in [3.8, 4) is 0 Å². The molecule has 10 aromatic rings. The third-order valence-corrected chi connectivity index (χ3v) is 10.3. The van der Waals surface area contributed by atoms with Crippen molar-refractivity contribution in [1.29, 1.82) is 0 Å². The molecule has 1 unspecified atom stereocenters. The largest absolute Gasteiger partial charge is 0.344 e. The van der Waals surface area contributed by atoms with Crippen molar-refractivity contribution < 1.29 is 0 Å². The molecule has 1 aliphatic heterocycles. The summed E-state index contributed by atoms with van der Waals surface area (Å²) in [6, 6.07) is 58.5. The van der Waals surface area contributed by atoms with E-state index in [9.17, 15) is 0 Å². The summed E-state index contributed by atoms with van der Waals surface area (Å²) in [6.07, 6.45) is -0.271. The Bertz CT molecular complexity index is 3060. The minimum absolute atomic E-state index is 0.271. The van der Waals surface area contributed by atoms with Crippen molar-refractivity contribution in [1.82, 2.24) is 14.1 Å². The molecule has 0 spiro atoms. The fourth-order valence-electron chi connectivity index (χ4n) is 8.11. The summed E-state index contributed by atoms with van der Waals surface area (Å²) >= 11 is 0. The summed E-state index contributed by atoms with van der Waals surface area (Å²) in [4.78, 5) is 10.2. The second-order valence-electron chi connectivity index (χ2n) is 13.0. The molecule has 11 rings (SSSR count). The van der Waals surface area contributed by atoms with Gasteiger partial charge in [-0.05, 0) is 42.0 Å². The fourth-order valence-corrected chi connectivity index (χ4v) is 8.11. The molecule has 5 nitrogen and oxygen atoms in total. The van der Waals surface area contributed by atoms with Crippen LogP contribution in [0.15, 0.2) is 174 Å². The number of rotatable bonds is 3. The van der Waals surface area contributed by atoms with Gasteiger partial charge >= 0.3 is 0 Å². The third-order valence-electron chi connectivity index (χ3n) is 10.3. The summed E-state index contributed by atoms with van der Waals surface area (Å²) in [6.45, 7) is 0. The first kappa shape index (κ1) is 27.3. The normalized spacial score (nSPS) is 15.0. The lowest BCUT2D eigenvalue weighted by Gasteiger charge is -2.24. The summed E-state index contributed by atoms with van der Waals surface area (Å²) < 4.78 is 4.96. The SMILES string of the molecule is c1ccc(C2=NC(c3ccccc3)NC(c3ccc4c(c3)c3ccccc3n3c5ccccc5c5ccc6c7ccccc7n4c6c53)=N2)cc1. The number of para-hydroxylation sites is 3. The van der Waals surface area contributed by atoms with Crippen LogP contribution in [0.3, 0.4) is 0 Å². The molecule has 0 bridgehead atoms. The van der Waals surface area contributed by atoms with Crippen molar-refractivity contribution in [3.63, 3.8) is 0 Å². The van der Waals surface area contributed by atoms with Crippen LogP contribution in [0.25, 0.3) is 65.4 Å². The van der Waals surface area contributed by atoms with Gasteiger partial charge in [0.2, 0.25) is 0 Å². The first-order valence-corrected chi connectivity index (χ1v) is 17.1.